The average Bonchev–Trinajstić information content (AvgIpc) is 3.38. The van der Waals surface area contributed by atoms with Crippen molar-refractivity contribution < 1.29 is 28.6 Å². The van der Waals surface area contributed by atoms with Crippen LogP contribution in [0.2, 0.25) is 0 Å². The number of allylic oxidation sites excluding steroid dienone is 2. The molecule has 6 nitrogen and oxygen atoms in total. The molecule has 0 fully saturated rings. The molecule has 0 aromatic carbocycles. The Hall–Kier alpha value is -1.85. The molecule has 1 atom stereocenters. The van der Waals surface area contributed by atoms with Crippen LogP contribution in [-0.4, -0.2) is 37.2 Å². The fraction of sp³-hybridized carbons (Fsp3) is 0.924. The molecule has 0 N–H and O–H groups in total. The van der Waals surface area contributed by atoms with Crippen molar-refractivity contribution in [2.45, 2.75) is 380 Å². The molecular weight excluding hydrogens is 889 g/mol. The van der Waals surface area contributed by atoms with Crippen LogP contribution in [-0.2, 0) is 28.6 Å². The number of rotatable bonds is 61. The fourth-order valence-corrected chi connectivity index (χ4v) is 10.1. The summed E-state index contributed by atoms with van der Waals surface area (Å²) in [7, 11) is 0. The molecule has 426 valence electrons. The smallest absolute Gasteiger partial charge is 0.306 e. The Bertz CT molecular complexity index is 1120. The molecule has 72 heavy (non-hydrogen) atoms. The van der Waals surface area contributed by atoms with Crippen molar-refractivity contribution in [3.05, 3.63) is 12.2 Å². The molecule has 0 radical (unpaired) electrons. The Morgan fingerprint density at radius 2 is 0.458 bits per heavy atom. The average molecular weight is 1020 g/mol. The first-order valence-electron chi connectivity index (χ1n) is 32.7. The van der Waals surface area contributed by atoms with Gasteiger partial charge >= 0.3 is 17.9 Å². The molecule has 0 aliphatic heterocycles. The fourth-order valence-electron chi connectivity index (χ4n) is 10.1. The molecule has 0 aliphatic carbocycles. The van der Waals surface area contributed by atoms with Crippen LogP contribution in [0.25, 0.3) is 0 Å². The second kappa shape index (κ2) is 61.7. The number of hydrogen-bond acceptors (Lipinski definition) is 6. The molecule has 0 aromatic rings. The lowest BCUT2D eigenvalue weighted by Gasteiger charge is -2.18. The van der Waals surface area contributed by atoms with Gasteiger partial charge in [-0.3, -0.25) is 14.4 Å². The molecule has 0 amide bonds. The van der Waals surface area contributed by atoms with Crippen LogP contribution in [0.3, 0.4) is 0 Å². The van der Waals surface area contributed by atoms with Crippen LogP contribution < -0.4 is 0 Å². The Labute approximate surface area is 450 Å². The summed E-state index contributed by atoms with van der Waals surface area (Å²) in [5, 5.41) is 0. The third-order valence-electron chi connectivity index (χ3n) is 15.0. The van der Waals surface area contributed by atoms with Crippen LogP contribution in [0.1, 0.15) is 374 Å². The van der Waals surface area contributed by atoms with Crippen molar-refractivity contribution in [2.24, 2.45) is 0 Å². The molecule has 0 aliphatic rings. The highest BCUT2D eigenvalue weighted by Crippen LogP contribution is 2.18. The van der Waals surface area contributed by atoms with Gasteiger partial charge in [0, 0.05) is 19.3 Å². The lowest BCUT2D eigenvalue weighted by atomic mass is 10.0. The zero-order chi connectivity index (χ0) is 52.2. The zero-order valence-electron chi connectivity index (χ0n) is 49.0. The minimum absolute atomic E-state index is 0.0651. The predicted octanol–water partition coefficient (Wildman–Crippen LogP) is 22.1. The van der Waals surface area contributed by atoms with E-state index in [1.807, 2.05) is 0 Å². The molecule has 0 saturated carbocycles. The number of unbranched alkanes of at least 4 members (excludes halogenated alkanes) is 48. The van der Waals surface area contributed by atoms with E-state index in [0.29, 0.717) is 19.3 Å². The number of hydrogen-bond donors (Lipinski definition) is 0. The van der Waals surface area contributed by atoms with Gasteiger partial charge in [0.2, 0.25) is 0 Å². The minimum atomic E-state index is -0.768. The van der Waals surface area contributed by atoms with Gasteiger partial charge in [-0.1, -0.05) is 322 Å². The normalized spacial score (nSPS) is 12.0. The summed E-state index contributed by atoms with van der Waals surface area (Å²) in [4.78, 5) is 38.3. The van der Waals surface area contributed by atoms with Gasteiger partial charge in [0.25, 0.3) is 0 Å². The summed E-state index contributed by atoms with van der Waals surface area (Å²) in [6.45, 7) is 6.71. The second-order valence-electron chi connectivity index (χ2n) is 22.4. The summed E-state index contributed by atoms with van der Waals surface area (Å²) in [5.74, 6) is -0.838. The minimum Gasteiger partial charge on any atom is -0.462 e. The van der Waals surface area contributed by atoms with Gasteiger partial charge < -0.3 is 14.2 Å². The number of carbonyl (C=O) groups is 3. The summed E-state index contributed by atoms with van der Waals surface area (Å²) < 4.78 is 17.0. The maximum atomic E-state index is 12.9. The number of ether oxygens (including phenoxy) is 3. The number of esters is 3. The Morgan fingerprint density at radius 3 is 0.694 bits per heavy atom. The Balaban J connectivity index is 4.27. The van der Waals surface area contributed by atoms with Crippen LogP contribution in [0.4, 0.5) is 0 Å². The monoisotopic (exact) mass is 1010 g/mol. The first-order valence-corrected chi connectivity index (χ1v) is 32.7. The molecular formula is C66H126O6. The Morgan fingerprint density at radius 1 is 0.264 bits per heavy atom. The molecule has 0 saturated heterocycles. The number of carbonyl (C=O) groups excluding carboxylic acids is 3. The van der Waals surface area contributed by atoms with Gasteiger partial charge in [-0.05, 0) is 44.9 Å². The first-order chi connectivity index (χ1) is 35.5. The van der Waals surface area contributed by atoms with Crippen molar-refractivity contribution in [1.82, 2.24) is 0 Å². The van der Waals surface area contributed by atoms with Gasteiger partial charge in [0.1, 0.15) is 13.2 Å². The van der Waals surface area contributed by atoms with E-state index in [1.165, 1.54) is 276 Å². The second-order valence-corrected chi connectivity index (χ2v) is 22.4. The van der Waals surface area contributed by atoms with Crippen molar-refractivity contribution in [1.29, 1.82) is 0 Å². The van der Waals surface area contributed by atoms with Crippen LogP contribution in [0.5, 0.6) is 0 Å². The van der Waals surface area contributed by atoms with E-state index in [-0.39, 0.29) is 31.1 Å². The van der Waals surface area contributed by atoms with Gasteiger partial charge in [-0.15, -0.1) is 0 Å². The van der Waals surface area contributed by atoms with Crippen molar-refractivity contribution in [3.8, 4) is 0 Å². The van der Waals surface area contributed by atoms with E-state index in [4.69, 9.17) is 14.2 Å². The van der Waals surface area contributed by atoms with Gasteiger partial charge in [-0.25, -0.2) is 0 Å². The lowest BCUT2D eigenvalue weighted by Crippen LogP contribution is -2.30. The Kier molecular flexibility index (Phi) is 60.1. The summed E-state index contributed by atoms with van der Waals surface area (Å²) in [6.07, 6.45) is 72.2. The molecule has 0 bridgehead atoms. The maximum Gasteiger partial charge on any atom is 0.306 e. The standard InChI is InChI=1S/C66H126O6/c1-4-7-10-13-16-19-22-25-28-30-31-32-33-34-36-38-41-44-47-50-53-56-59-65(68)71-62-63(61-70-64(67)58-55-52-49-46-43-40-37-27-24-21-18-15-12-9-6-3)72-66(69)60-57-54-51-48-45-42-39-35-29-26-23-20-17-14-11-8-5-2/h26,29,63H,4-25,27-28,30-62H2,1-3H3/b29-26-. The summed E-state index contributed by atoms with van der Waals surface area (Å²) in [6, 6.07) is 0. The SMILES string of the molecule is CCCCCCCC/C=C\CCCCCCCCCC(=O)OC(COC(=O)CCCCCCCCCCCCCCCCC)COC(=O)CCCCCCCCCCCCCCCCCCCCCCCC. The van der Waals surface area contributed by atoms with E-state index < -0.39 is 6.10 Å². The van der Waals surface area contributed by atoms with Crippen LogP contribution in [0, 0.1) is 0 Å². The van der Waals surface area contributed by atoms with E-state index >= 15 is 0 Å². The van der Waals surface area contributed by atoms with Crippen LogP contribution >= 0.6 is 0 Å². The van der Waals surface area contributed by atoms with Gasteiger partial charge in [-0.2, -0.15) is 0 Å². The highest BCUT2D eigenvalue weighted by atomic mass is 16.6. The van der Waals surface area contributed by atoms with E-state index in [2.05, 4.69) is 32.9 Å². The van der Waals surface area contributed by atoms with E-state index in [9.17, 15) is 14.4 Å². The molecule has 0 spiro atoms. The first kappa shape index (κ1) is 70.1. The third-order valence-corrected chi connectivity index (χ3v) is 15.0. The largest absolute Gasteiger partial charge is 0.462 e. The van der Waals surface area contributed by atoms with Crippen LogP contribution in [0.15, 0.2) is 12.2 Å². The maximum absolute atomic E-state index is 12.9. The predicted molar refractivity (Wildman–Crippen MR) is 312 cm³/mol. The van der Waals surface area contributed by atoms with Gasteiger partial charge in [0.05, 0.1) is 0 Å². The molecule has 1 unspecified atom stereocenters. The summed E-state index contributed by atoms with van der Waals surface area (Å²) >= 11 is 0. The molecule has 0 aromatic heterocycles. The highest BCUT2D eigenvalue weighted by Gasteiger charge is 2.19. The third kappa shape index (κ3) is 59.0. The molecule has 6 heteroatoms. The van der Waals surface area contributed by atoms with E-state index in [1.54, 1.807) is 0 Å². The molecule has 0 heterocycles. The summed E-state index contributed by atoms with van der Waals surface area (Å²) in [5.41, 5.74) is 0. The van der Waals surface area contributed by atoms with Crippen molar-refractivity contribution in [2.75, 3.05) is 13.2 Å². The van der Waals surface area contributed by atoms with Crippen molar-refractivity contribution in [3.63, 3.8) is 0 Å². The quantitative estimate of drug-likeness (QED) is 0.0261. The zero-order valence-corrected chi connectivity index (χ0v) is 49.0. The lowest BCUT2D eigenvalue weighted by molar-refractivity contribution is -0.167. The topological polar surface area (TPSA) is 78.9 Å². The van der Waals surface area contributed by atoms with Crippen molar-refractivity contribution >= 4 is 17.9 Å². The van der Waals surface area contributed by atoms with Gasteiger partial charge in [0.15, 0.2) is 6.10 Å². The molecule has 0 rings (SSSR count). The van der Waals surface area contributed by atoms with E-state index in [0.717, 1.165) is 57.8 Å². The highest BCUT2D eigenvalue weighted by molar-refractivity contribution is 5.71.